The summed E-state index contributed by atoms with van der Waals surface area (Å²) < 4.78 is 5.99. The van der Waals surface area contributed by atoms with Crippen molar-refractivity contribution in [1.29, 1.82) is 0 Å². The van der Waals surface area contributed by atoms with E-state index in [1.165, 1.54) is 6.42 Å². The van der Waals surface area contributed by atoms with Crippen molar-refractivity contribution in [2.45, 2.75) is 52.1 Å². The van der Waals surface area contributed by atoms with E-state index in [2.05, 4.69) is 20.8 Å². The summed E-state index contributed by atoms with van der Waals surface area (Å²) in [5, 5.41) is 12.4. The molecule has 0 spiro atoms. The van der Waals surface area contributed by atoms with Crippen LogP contribution in [-0.2, 0) is 5.60 Å². The first kappa shape index (κ1) is 13.7. The first-order valence-electron chi connectivity index (χ1n) is 7.63. The van der Waals surface area contributed by atoms with Gasteiger partial charge in [0.1, 0.15) is 16.9 Å². The molecule has 2 atom stereocenters. The van der Waals surface area contributed by atoms with Crippen molar-refractivity contribution >= 4 is 11.0 Å². The second-order valence-electron chi connectivity index (χ2n) is 7.24. The summed E-state index contributed by atoms with van der Waals surface area (Å²) in [5.74, 6) is 0.989. The smallest absolute Gasteiger partial charge is 0.137 e. The SMILES string of the molecule is CC(C)(C)C1CCCCC1(O)c1cc2ccccc2o1. The molecule has 0 amide bonds. The number of aliphatic hydroxyl groups is 1. The highest BCUT2D eigenvalue weighted by Gasteiger charge is 2.48. The van der Waals surface area contributed by atoms with Crippen LogP contribution in [0.3, 0.4) is 0 Å². The van der Waals surface area contributed by atoms with Gasteiger partial charge in [0.2, 0.25) is 0 Å². The van der Waals surface area contributed by atoms with Gasteiger partial charge in [0.15, 0.2) is 0 Å². The van der Waals surface area contributed by atoms with Crippen LogP contribution in [-0.4, -0.2) is 5.11 Å². The lowest BCUT2D eigenvalue weighted by atomic mass is 9.63. The molecule has 108 valence electrons. The predicted octanol–water partition coefficient (Wildman–Crippen LogP) is 4.86. The Bertz CT molecular complexity index is 572. The molecule has 3 rings (SSSR count). The molecule has 1 fully saturated rings. The number of hydrogen-bond donors (Lipinski definition) is 1. The molecule has 1 aromatic carbocycles. The van der Waals surface area contributed by atoms with Crippen LogP contribution in [0.15, 0.2) is 34.7 Å². The van der Waals surface area contributed by atoms with E-state index in [4.69, 9.17) is 4.42 Å². The van der Waals surface area contributed by atoms with Crippen LogP contribution in [0.1, 0.15) is 52.2 Å². The van der Waals surface area contributed by atoms with Gasteiger partial charge < -0.3 is 9.52 Å². The average Bonchev–Trinajstić information content (AvgIpc) is 2.82. The number of hydrogen-bond acceptors (Lipinski definition) is 2. The van der Waals surface area contributed by atoms with Crippen molar-refractivity contribution < 1.29 is 9.52 Å². The molecule has 2 unspecified atom stereocenters. The maximum atomic E-state index is 11.3. The number of rotatable bonds is 1. The summed E-state index contributed by atoms with van der Waals surface area (Å²) in [6.45, 7) is 6.66. The fraction of sp³-hybridized carbons (Fsp3) is 0.556. The third kappa shape index (κ3) is 2.16. The monoisotopic (exact) mass is 272 g/mol. The van der Waals surface area contributed by atoms with Crippen LogP contribution in [0.5, 0.6) is 0 Å². The van der Waals surface area contributed by atoms with E-state index in [1.807, 2.05) is 30.3 Å². The molecule has 1 saturated carbocycles. The Kier molecular flexibility index (Phi) is 3.17. The van der Waals surface area contributed by atoms with Crippen molar-refractivity contribution in [3.8, 4) is 0 Å². The molecule has 0 aliphatic heterocycles. The van der Waals surface area contributed by atoms with E-state index in [0.29, 0.717) is 0 Å². The third-order valence-electron chi connectivity index (χ3n) is 4.77. The second-order valence-corrected chi connectivity index (χ2v) is 7.24. The molecule has 2 aromatic rings. The molecule has 0 radical (unpaired) electrons. The zero-order chi connectivity index (χ0) is 14.4. The zero-order valence-corrected chi connectivity index (χ0v) is 12.6. The van der Waals surface area contributed by atoms with Gasteiger partial charge in [-0.05, 0) is 36.3 Å². The topological polar surface area (TPSA) is 33.4 Å². The average molecular weight is 272 g/mol. The highest BCUT2D eigenvalue weighted by molar-refractivity contribution is 5.77. The van der Waals surface area contributed by atoms with E-state index in [-0.39, 0.29) is 11.3 Å². The van der Waals surface area contributed by atoms with Gasteiger partial charge in [-0.15, -0.1) is 0 Å². The normalized spacial score (nSPS) is 27.9. The predicted molar refractivity (Wildman–Crippen MR) is 81.5 cm³/mol. The van der Waals surface area contributed by atoms with Crippen LogP contribution in [0, 0.1) is 11.3 Å². The molecular weight excluding hydrogens is 248 g/mol. The van der Waals surface area contributed by atoms with Gasteiger partial charge in [-0.3, -0.25) is 0 Å². The Balaban J connectivity index is 2.08. The fourth-order valence-corrected chi connectivity index (χ4v) is 3.80. The Morgan fingerprint density at radius 2 is 1.95 bits per heavy atom. The minimum absolute atomic E-state index is 0.0775. The lowest BCUT2D eigenvalue weighted by Crippen LogP contribution is -2.44. The molecule has 1 aromatic heterocycles. The van der Waals surface area contributed by atoms with E-state index >= 15 is 0 Å². The minimum Gasteiger partial charge on any atom is -0.458 e. The first-order chi connectivity index (χ1) is 9.41. The molecule has 20 heavy (non-hydrogen) atoms. The molecule has 1 aliphatic carbocycles. The van der Waals surface area contributed by atoms with Crippen molar-refractivity contribution in [2.75, 3.05) is 0 Å². The summed E-state index contributed by atoms with van der Waals surface area (Å²) in [6.07, 6.45) is 4.14. The number of furan rings is 1. The van der Waals surface area contributed by atoms with Gasteiger partial charge in [-0.1, -0.05) is 51.8 Å². The Morgan fingerprint density at radius 3 is 2.65 bits per heavy atom. The van der Waals surface area contributed by atoms with E-state index < -0.39 is 5.60 Å². The quantitative estimate of drug-likeness (QED) is 0.804. The summed E-state index contributed by atoms with van der Waals surface area (Å²) in [5.41, 5.74) is 0.123. The molecule has 1 aliphatic rings. The maximum absolute atomic E-state index is 11.3. The number of para-hydroxylation sites is 1. The number of fused-ring (bicyclic) bond motifs is 1. The van der Waals surface area contributed by atoms with Crippen LogP contribution >= 0.6 is 0 Å². The van der Waals surface area contributed by atoms with Gasteiger partial charge in [0.05, 0.1) is 0 Å². The molecule has 2 nitrogen and oxygen atoms in total. The summed E-state index contributed by atoms with van der Waals surface area (Å²) in [7, 11) is 0. The fourth-order valence-electron chi connectivity index (χ4n) is 3.80. The van der Waals surface area contributed by atoms with Gasteiger partial charge in [-0.25, -0.2) is 0 Å². The van der Waals surface area contributed by atoms with Crippen molar-refractivity contribution in [2.24, 2.45) is 11.3 Å². The highest BCUT2D eigenvalue weighted by atomic mass is 16.4. The summed E-state index contributed by atoms with van der Waals surface area (Å²) >= 11 is 0. The van der Waals surface area contributed by atoms with Gasteiger partial charge in [0.25, 0.3) is 0 Å². The lowest BCUT2D eigenvalue weighted by Gasteiger charge is -2.45. The highest BCUT2D eigenvalue weighted by Crippen LogP contribution is 2.50. The van der Waals surface area contributed by atoms with Gasteiger partial charge in [-0.2, -0.15) is 0 Å². The largest absolute Gasteiger partial charge is 0.458 e. The van der Waals surface area contributed by atoms with Crippen LogP contribution < -0.4 is 0 Å². The third-order valence-corrected chi connectivity index (χ3v) is 4.77. The zero-order valence-electron chi connectivity index (χ0n) is 12.6. The molecule has 1 heterocycles. The van der Waals surface area contributed by atoms with E-state index in [0.717, 1.165) is 36.0 Å². The van der Waals surface area contributed by atoms with Crippen LogP contribution in [0.4, 0.5) is 0 Å². The molecule has 0 saturated heterocycles. The Hall–Kier alpha value is -1.28. The second kappa shape index (κ2) is 4.63. The Labute approximate surface area is 120 Å². The molecule has 0 bridgehead atoms. The lowest BCUT2D eigenvalue weighted by molar-refractivity contribution is -0.108. The standard InChI is InChI=1S/C18H24O2/c1-17(2,3)15-10-6-7-11-18(15,19)16-12-13-8-4-5-9-14(13)20-16/h4-5,8-9,12,15,19H,6-7,10-11H2,1-3H3. The molecule has 1 N–H and O–H groups in total. The Morgan fingerprint density at radius 1 is 1.20 bits per heavy atom. The van der Waals surface area contributed by atoms with Gasteiger partial charge >= 0.3 is 0 Å². The van der Waals surface area contributed by atoms with Gasteiger partial charge in [0, 0.05) is 5.39 Å². The van der Waals surface area contributed by atoms with Crippen molar-refractivity contribution in [3.05, 3.63) is 36.1 Å². The molecular formula is C18H24O2. The first-order valence-corrected chi connectivity index (χ1v) is 7.63. The number of benzene rings is 1. The van der Waals surface area contributed by atoms with Crippen LogP contribution in [0.25, 0.3) is 11.0 Å². The van der Waals surface area contributed by atoms with Crippen molar-refractivity contribution in [1.82, 2.24) is 0 Å². The summed E-state index contributed by atoms with van der Waals surface area (Å²) in [4.78, 5) is 0. The maximum Gasteiger partial charge on any atom is 0.137 e. The van der Waals surface area contributed by atoms with E-state index in [1.54, 1.807) is 0 Å². The van der Waals surface area contributed by atoms with Crippen LogP contribution in [0.2, 0.25) is 0 Å². The summed E-state index contributed by atoms with van der Waals surface area (Å²) in [6, 6.07) is 10.0. The van der Waals surface area contributed by atoms with Crippen molar-refractivity contribution in [3.63, 3.8) is 0 Å². The molecule has 2 heteroatoms. The van der Waals surface area contributed by atoms with E-state index in [9.17, 15) is 5.11 Å². The minimum atomic E-state index is -0.824.